The van der Waals surface area contributed by atoms with Crippen LogP contribution in [0.1, 0.15) is 35.8 Å². The number of piperidine rings is 1. The Kier molecular flexibility index (Phi) is 4.62. The van der Waals surface area contributed by atoms with E-state index in [4.69, 9.17) is 4.42 Å². The Balaban J connectivity index is 1.44. The first kappa shape index (κ1) is 16.7. The fourth-order valence-electron chi connectivity index (χ4n) is 3.48. The summed E-state index contributed by atoms with van der Waals surface area (Å²) in [6.45, 7) is 4.52. The molecule has 1 aliphatic heterocycles. The van der Waals surface area contributed by atoms with E-state index in [9.17, 15) is 4.79 Å². The van der Waals surface area contributed by atoms with Crippen LogP contribution in [0.2, 0.25) is 0 Å². The van der Waals surface area contributed by atoms with Gasteiger partial charge in [0.1, 0.15) is 5.82 Å². The van der Waals surface area contributed by atoms with Crippen molar-refractivity contribution in [3.8, 4) is 11.6 Å². The number of likely N-dealkylation sites (tertiary alicyclic amines) is 1. The van der Waals surface area contributed by atoms with Gasteiger partial charge in [0.15, 0.2) is 11.6 Å². The molecule has 0 amide bonds. The van der Waals surface area contributed by atoms with Crippen LogP contribution >= 0.6 is 0 Å². The zero-order chi connectivity index (χ0) is 17.9. The molecule has 4 heterocycles. The monoisotopic (exact) mass is 351 g/mol. The zero-order valence-corrected chi connectivity index (χ0v) is 14.7. The smallest absolute Gasteiger partial charge is 0.251 e. The quantitative estimate of drug-likeness (QED) is 0.777. The van der Waals surface area contributed by atoms with E-state index >= 15 is 0 Å². The third-order valence-corrected chi connectivity index (χ3v) is 4.66. The van der Waals surface area contributed by atoms with E-state index in [1.165, 1.54) is 0 Å². The van der Waals surface area contributed by atoms with Crippen molar-refractivity contribution in [2.24, 2.45) is 0 Å². The maximum Gasteiger partial charge on any atom is 0.251 e. The van der Waals surface area contributed by atoms with Gasteiger partial charge in [-0.2, -0.15) is 0 Å². The number of aromatic amines is 1. The van der Waals surface area contributed by atoms with Crippen LogP contribution in [0.25, 0.3) is 11.6 Å². The second-order valence-electron chi connectivity index (χ2n) is 6.72. The third-order valence-electron chi connectivity index (χ3n) is 4.66. The predicted octanol–water partition coefficient (Wildman–Crippen LogP) is 2.51. The molecular formula is C19H21N5O2. The molecule has 0 saturated carbocycles. The number of hydrogen-bond acceptors (Lipinski definition) is 6. The van der Waals surface area contributed by atoms with E-state index in [1.807, 2.05) is 31.5 Å². The van der Waals surface area contributed by atoms with Crippen molar-refractivity contribution in [1.82, 2.24) is 24.8 Å². The van der Waals surface area contributed by atoms with Crippen molar-refractivity contribution in [3.05, 3.63) is 64.3 Å². The molecule has 7 heteroatoms. The van der Waals surface area contributed by atoms with E-state index in [2.05, 4.69) is 24.8 Å². The molecule has 1 atom stereocenters. The number of aryl methyl sites for hydroxylation is 1. The summed E-state index contributed by atoms with van der Waals surface area (Å²) < 4.78 is 5.32. The van der Waals surface area contributed by atoms with Crippen molar-refractivity contribution in [1.29, 1.82) is 0 Å². The van der Waals surface area contributed by atoms with E-state index in [0.717, 1.165) is 43.7 Å². The van der Waals surface area contributed by atoms with Gasteiger partial charge in [-0.3, -0.25) is 9.69 Å². The first-order valence-electron chi connectivity index (χ1n) is 8.82. The molecule has 1 saturated heterocycles. The molecule has 1 aliphatic rings. The maximum absolute atomic E-state index is 11.7. The molecular weight excluding hydrogens is 330 g/mol. The second-order valence-corrected chi connectivity index (χ2v) is 6.72. The highest BCUT2D eigenvalue weighted by Crippen LogP contribution is 2.26. The summed E-state index contributed by atoms with van der Waals surface area (Å²) in [5.74, 6) is 2.23. The molecule has 0 radical (unpaired) electrons. The second kappa shape index (κ2) is 7.21. The molecule has 26 heavy (non-hydrogen) atoms. The maximum atomic E-state index is 11.7. The lowest BCUT2D eigenvalue weighted by molar-refractivity contribution is 0.198. The van der Waals surface area contributed by atoms with Gasteiger partial charge in [-0.05, 0) is 38.4 Å². The summed E-state index contributed by atoms with van der Waals surface area (Å²) in [6, 6.07) is 5.30. The topological polar surface area (TPSA) is 87.9 Å². The number of rotatable bonds is 4. The zero-order valence-electron chi connectivity index (χ0n) is 14.7. The predicted molar refractivity (Wildman–Crippen MR) is 96.6 cm³/mol. The van der Waals surface area contributed by atoms with Gasteiger partial charge in [0.2, 0.25) is 0 Å². The molecule has 3 aromatic heterocycles. The van der Waals surface area contributed by atoms with Crippen molar-refractivity contribution < 1.29 is 4.42 Å². The summed E-state index contributed by atoms with van der Waals surface area (Å²) in [5.41, 5.74) is 1.88. The molecule has 3 aromatic rings. The van der Waals surface area contributed by atoms with Crippen molar-refractivity contribution in [3.63, 3.8) is 0 Å². The molecule has 0 aromatic carbocycles. The molecule has 0 spiro atoms. The molecule has 134 valence electrons. The Hall–Kier alpha value is -2.80. The van der Waals surface area contributed by atoms with Crippen LogP contribution in [0.15, 0.2) is 46.1 Å². The molecule has 7 nitrogen and oxygen atoms in total. The van der Waals surface area contributed by atoms with Gasteiger partial charge < -0.3 is 9.40 Å². The van der Waals surface area contributed by atoms with Crippen molar-refractivity contribution in [2.45, 2.75) is 32.2 Å². The number of aromatic nitrogens is 4. The normalized spacial score (nSPS) is 18.1. The Morgan fingerprint density at radius 1 is 1.35 bits per heavy atom. The lowest BCUT2D eigenvalue weighted by Gasteiger charge is -2.32. The van der Waals surface area contributed by atoms with E-state index < -0.39 is 0 Å². The van der Waals surface area contributed by atoms with Crippen LogP contribution in [0.3, 0.4) is 0 Å². The standard InChI is InChI=1S/C19H21N5O2/c1-13-22-16(8-18(25)23-13)15-4-2-6-24(12-15)11-14-9-20-19(21-10-14)17-5-3-7-26-17/h3,5,7-10,15H,2,4,6,11-12H2,1H3,(H,22,23,25)/t15-/m0/s1. The van der Waals surface area contributed by atoms with Crippen LogP contribution in [0.5, 0.6) is 0 Å². The Labute approximate surface area is 151 Å². The number of H-pyrrole nitrogens is 1. The SMILES string of the molecule is Cc1nc([C@H]2CCCN(Cc3cnc(-c4ccco4)nc3)C2)cc(=O)[nH]1. The minimum atomic E-state index is -0.0773. The van der Waals surface area contributed by atoms with Gasteiger partial charge in [-0.15, -0.1) is 0 Å². The first-order chi connectivity index (χ1) is 12.7. The summed E-state index contributed by atoms with van der Waals surface area (Å²) in [6.07, 6.45) is 7.46. The molecule has 0 unspecified atom stereocenters. The summed E-state index contributed by atoms with van der Waals surface area (Å²) >= 11 is 0. The summed E-state index contributed by atoms with van der Waals surface area (Å²) in [4.78, 5) is 30.1. The minimum Gasteiger partial charge on any atom is -0.461 e. The summed E-state index contributed by atoms with van der Waals surface area (Å²) in [7, 11) is 0. The lowest BCUT2D eigenvalue weighted by atomic mass is 9.94. The van der Waals surface area contributed by atoms with E-state index in [-0.39, 0.29) is 11.5 Å². The van der Waals surface area contributed by atoms with Gasteiger partial charge >= 0.3 is 0 Å². The Morgan fingerprint density at radius 3 is 2.92 bits per heavy atom. The molecule has 4 rings (SSSR count). The highest BCUT2D eigenvalue weighted by molar-refractivity contribution is 5.45. The fraction of sp³-hybridized carbons (Fsp3) is 0.368. The average molecular weight is 351 g/mol. The van der Waals surface area contributed by atoms with Gasteiger partial charge in [-0.1, -0.05) is 0 Å². The molecule has 1 N–H and O–H groups in total. The van der Waals surface area contributed by atoms with Gasteiger partial charge in [-0.25, -0.2) is 15.0 Å². The van der Waals surface area contributed by atoms with Crippen molar-refractivity contribution in [2.75, 3.05) is 13.1 Å². The first-order valence-corrected chi connectivity index (χ1v) is 8.82. The van der Waals surface area contributed by atoms with Crippen LogP contribution in [-0.4, -0.2) is 37.9 Å². The Morgan fingerprint density at radius 2 is 2.19 bits per heavy atom. The molecule has 0 bridgehead atoms. The van der Waals surface area contributed by atoms with Gasteiger partial charge in [0, 0.05) is 43.0 Å². The van der Waals surface area contributed by atoms with Crippen LogP contribution in [0.4, 0.5) is 0 Å². The van der Waals surface area contributed by atoms with Crippen LogP contribution in [-0.2, 0) is 6.54 Å². The highest BCUT2D eigenvalue weighted by Gasteiger charge is 2.23. The van der Waals surface area contributed by atoms with E-state index in [1.54, 1.807) is 12.3 Å². The van der Waals surface area contributed by atoms with Crippen molar-refractivity contribution >= 4 is 0 Å². The van der Waals surface area contributed by atoms with Gasteiger partial charge in [0.05, 0.1) is 12.0 Å². The highest BCUT2D eigenvalue weighted by atomic mass is 16.3. The number of furan rings is 1. The van der Waals surface area contributed by atoms with E-state index in [0.29, 0.717) is 17.4 Å². The number of hydrogen-bond donors (Lipinski definition) is 1. The largest absolute Gasteiger partial charge is 0.461 e. The average Bonchev–Trinajstić information content (AvgIpc) is 3.16. The Bertz CT molecular complexity index is 918. The lowest BCUT2D eigenvalue weighted by Crippen LogP contribution is -2.34. The van der Waals surface area contributed by atoms with Crippen LogP contribution < -0.4 is 5.56 Å². The number of nitrogens with zero attached hydrogens (tertiary/aromatic N) is 4. The molecule has 0 aliphatic carbocycles. The fourth-order valence-corrected chi connectivity index (χ4v) is 3.48. The minimum absolute atomic E-state index is 0.0773. The number of nitrogens with one attached hydrogen (secondary N) is 1. The van der Waals surface area contributed by atoms with Gasteiger partial charge in [0.25, 0.3) is 5.56 Å². The van der Waals surface area contributed by atoms with Crippen LogP contribution in [0, 0.1) is 6.92 Å². The molecule has 1 fully saturated rings. The third kappa shape index (κ3) is 3.72. The summed E-state index contributed by atoms with van der Waals surface area (Å²) in [5, 5.41) is 0.